The molecule has 3 saturated heterocycles. The molecular formula is C17H37N3O. The van der Waals surface area contributed by atoms with Crippen LogP contribution in [0, 0.1) is 11.8 Å². The molecule has 0 saturated carbocycles. The van der Waals surface area contributed by atoms with E-state index in [0.717, 1.165) is 25.0 Å². The Balaban J connectivity index is 0.000000159. The summed E-state index contributed by atoms with van der Waals surface area (Å²) in [6.45, 7) is 11.5. The first-order valence-corrected chi connectivity index (χ1v) is 8.76. The molecule has 3 aliphatic rings. The van der Waals surface area contributed by atoms with Gasteiger partial charge in [0, 0.05) is 25.8 Å². The van der Waals surface area contributed by atoms with Crippen LogP contribution >= 0.6 is 0 Å². The first kappa shape index (κ1) is 18.9. The molecule has 3 aliphatic heterocycles. The quantitative estimate of drug-likeness (QED) is 0.776. The van der Waals surface area contributed by atoms with Gasteiger partial charge in [-0.15, -0.1) is 0 Å². The van der Waals surface area contributed by atoms with E-state index in [-0.39, 0.29) is 0 Å². The van der Waals surface area contributed by atoms with Gasteiger partial charge >= 0.3 is 0 Å². The van der Waals surface area contributed by atoms with Gasteiger partial charge in [0.2, 0.25) is 0 Å². The van der Waals surface area contributed by atoms with Gasteiger partial charge < -0.3 is 20.3 Å². The summed E-state index contributed by atoms with van der Waals surface area (Å²) in [5.74, 6) is 1.88. The first-order chi connectivity index (χ1) is 10.1. The van der Waals surface area contributed by atoms with Crippen LogP contribution in [0.5, 0.6) is 0 Å². The Morgan fingerprint density at radius 1 is 1.05 bits per heavy atom. The Morgan fingerprint density at radius 3 is 2.00 bits per heavy atom. The number of rotatable bonds is 1. The fourth-order valence-electron chi connectivity index (χ4n) is 2.94. The van der Waals surface area contributed by atoms with Gasteiger partial charge in [0.25, 0.3) is 0 Å². The highest BCUT2D eigenvalue weighted by atomic mass is 16.5. The van der Waals surface area contributed by atoms with Gasteiger partial charge in [-0.1, -0.05) is 13.8 Å². The van der Waals surface area contributed by atoms with E-state index >= 15 is 0 Å². The van der Waals surface area contributed by atoms with Crippen molar-refractivity contribution >= 4 is 0 Å². The third-order valence-corrected chi connectivity index (χ3v) is 4.56. The van der Waals surface area contributed by atoms with Gasteiger partial charge in [-0.3, -0.25) is 0 Å². The van der Waals surface area contributed by atoms with Crippen molar-refractivity contribution in [2.24, 2.45) is 11.8 Å². The van der Waals surface area contributed by atoms with E-state index in [0.29, 0.717) is 6.04 Å². The zero-order valence-electron chi connectivity index (χ0n) is 14.7. The Hall–Kier alpha value is -0.160. The summed E-state index contributed by atoms with van der Waals surface area (Å²) in [7, 11) is 4.19. The minimum absolute atomic E-state index is 0.712. The topological polar surface area (TPSA) is 36.5 Å². The number of nitrogens with one attached hydrogen (secondary N) is 2. The molecule has 0 aromatic rings. The average Bonchev–Trinajstić information content (AvgIpc) is 3.12. The molecule has 4 nitrogen and oxygen atoms in total. The maximum Gasteiger partial charge on any atom is 0.0480 e. The second-order valence-corrected chi connectivity index (χ2v) is 6.93. The molecule has 126 valence electrons. The van der Waals surface area contributed by atoms with E-state index in [1.807, 2.05) is 7.05 Å². The van der Waals surface area contributed by atoms with Crippen LogP contribution in [0.4, 0.5) is 0 Å². The highest BCUT2D eigenvalue weighted by Crippen LogP contribution is 2.11. The normalized spacial score (nSPS) is 30.3. The molecule has 0 aliphatic carbocycles. The van der Waals surface area contributed by atoms with Crippen molar-refractivity contribution in [2.75, 3.05) is 53.5 Å². The van der Waals surface area contributed by atoms with Gasteiger partial charge in [-0.25, -0.2) is 0 Å². The Morgan fingerprint density at radius 2 is 1.76 bits per heavy atom. The number of nitrogens with zero attached hydrogens (tertiary/aromatic N) is 1. The van der Waals surface area contributed by atoms with Crippen LogP contribution in [0.2, 0.25) is 0 Å². The van der Waals surface area contributed by atoms with E-state index in [1.165, 1.54) is 51.9 Å². The second kappa shape index (κ2) is 11.4. The zero-order chi connectivity index (χ0) is 15.5. The third-order valence-electron chi connectivity index (χ3n) is 4.56. The lowest BCUT2D eigenvalue weighted by Gasteiger charge is -2.20. The maximum absolute atomic E-state index is 5.16. The molecule has 3 fully saturated rings. The lowest BCUT2D eigenvalue weighted by molar-refractivity contribution is 0.0799. The standard InChI is InChI=1S/C6H13NO.C6H13N.C5H11N/c1-7-6-2-4-8-5-3-6;1-6-3-4-7(2)5-6;1-5-2-3-6-4-5/h6-7H,2-5H2,1H3;6H,3-5H2,1-2H3;5-6H,2-4H2,1H3. The summed E-state index contributed by atoms with van der Waals surface area (Å²) in [6, 6.07) is 0.712. The number of hydrogen-bond donors (Lipinski definition) is 2. The van der Waals surface area contributed by atoms with Crippen LogP contribution in [-0.4, -0.2) is 64.4 Å². The fraction of sp³-hybridized carbons (Fsp3) is 1.00. The van der Waals surface area contributed by atoms with E-state index < -0.39 is 0 Å². The molecule has 2 N–H and O–H groups in total. The first-order valence-electron chi connectivity index (χ1n) is 8.76. The predicted octanol–water partition coefficient (Wildman–Crippen LogP) is 1.96. The minimum atomic E-state index is 0.712. The largest absolute Gasteiger partial charge is 0.381 e. The molecule has 0 bridgehead atoms. The number of likely N-dealkylation sites (tertiary alicyclic amines) is 1. The Kier molecular flexibility index (Phi) is 10.3. The Labute approximate surface area is 132 Å². The third kappa shape index (κ3) is 9.46. The molecule has 3 rings (SSSR count). The van der Waals surface area contributed by atoms with Crippen molar-refractivity contribution < 1.29 is 4.74 Å². The van der Waals surface area contributed by atoms with E-state index in [4.69, 9.17) is 4.74 Å². The van der Waals surface area contributed by atoms with E-state index in [1.54, 1.807) is 0 Å². The molecule has 2 unspecified atom stereocenters. The van der Waals surface area contributed by atoms with Crippen molar-refractivity contribution in [3.63, 3.8) is 0 Å². The smallest absolute Gasteiger partial charge is 0.0480 e. The van der Waals surface area contributed by atoms with E-state index in [9.17, 15) is 0 Å². The summed E-state index contributed by atoms with van der Waals surface area (Å²) in [5.41, 5.74) is 0. The molecule has 0 amide bonds. The van der Waals surface area contributed by atoms with Crippen molar-refractivity contribution in [1.82, 2.24) is 15.5 Å². The summed E-state index contributed by atoms with van der Waals surface area (Å²) in [5, 5.41) is 6.50. The fourth-order valence-corrected chi connectivity index (χ4v) is 2.94. The van der Waals surface area contributed by atoms with Crippen LogP contribution in [0.25, 0.3) is 0 Å². The lowest BCUT2D eigenvalue weighted by Crippen LogP contribution is -2.31. The summed E-state index contributed by atoms with van der Waals surface area (Å²) < 4.78 is 5.16. The minimum Gasteiger partial charge on any atom is -0.381 e. The van der Waals surface area contributed by atoms with Crippen LogP contribution < -0.4 is 10.6 Å². The molecule has 0 aromatic carbocycles. The SMILES string of the molecule is CC1CCN(C)C1.CC1CCNC1.CNC1CCOCC1. The van der Waals surface area contributed by atoms with Crippen molar-refractivity contribution in [1.29, 1.82) is 0 Å². The highest BCUT2D eigenvalue weighted by Gasteiger charge is 2.13. The maximum atomic E-state index is 5.16. The van der Waals surface area contributed by atoms with E-state index in [2.05, 4.69) is 36.4 Å². The molecule has 4 heteroatoms. The zero-order valence-corrected chi connectivity index (χ0v) is 14.7. The molecule has 3 heterocycles. The van der Waals surface area contributed by atoms with Gasteiger partial charge in [0.15, 0.2) is 0 Å². The summed E-state index contributed by atoms with van der Waals surface area (Å²) in [4.78, 5) is 2.38. The molecule has 2 atom stereocenters. The highest BCUT2D eigenvalue weighted by molar-refractivity contribution is 4.68. The second-order valence-electron chi connectivity index (χ2n) is 6.93. The van der Waals surface area contributed by atoms with Crippen molar-refractivity contribution in [3.05, 3.63) is 0 Å². The summed E-state index contributed by atoms with van der Waals surface area (Å²) in [6.07, 6.45) is 5.13. The molecule has 0 spiro atoms. The van der Waals surface area contributed by atoms with Crippen molar-refractivity contribution in [2.45, 2.75) is 45.6 Å². The summed E-state index contributed by atoms with van der Waals surface area (Å²) >= 11 is 0. The number of hydrogen-bond acceptors (Lipinski definition) is 4. The molecular weight excluding hydrogens is 262 g/mol. The van der Waals surface area contributed by atoms with Gasteiger partial charge in [0.1, 0.15) is 0 Å². The average molecular weight is 300 g/mol. The van der Waals surface area contributed by atoms with Gasteiger partial charge in [-0.05, 0) is 71.2 Å². The number of ether oxygens (including phenoxy) is 1. The van der Waals surface area contributed by atoms with Gasteiger partial charge in [-0.2, -0.15) is 0 Å². The van der Waals surface area contributed by atoms with Crippen LogP contribution in [0.3, 0.4) is 0 Å². The molecule has 0 aromatic heterocycles. The van der Waals surface area contributed by atoms with Crippen LogP contribution in [-0.2, 0) is 4.74 Å². The monoisotopic (exact) mass is 299 g/mol. The molecule has 0 radical (unpaired) electrons. The predicted molar refractivity (Wildman–Crippen MR) is 90.8 cm³/mol. The van der Waals surface area contributed by atoms with Crippen molar-refractivity contribution in [3.8, 4) is 0 Å². The van der Waals surface area contributed by atoms with Crippen LogP contribution in [0.15, 0.2) is 0 Å². The Bertz CT molecular complexity index is 230. The molecule has 21 heavy (non-hydrogen) atoms. The lowest BCUT2D eigenvalue weighted by atomic mass is 10.1. The van der Waals surface area contributed by atoms with Gasteiger partial charge in [0.05, 0.1) is 0 Å². The van der Waals surface area contributed by atoms with Crippen LogP contribution in [0.1, 0.15) is 39.5 Å².